The molecule has 4 nitrogen and oxygen atoms in total. The summed E-state index contributed by atoms with van der Waals surface area (Å²) in [6.07, 6.45) is 4.25. The van der Waals surface area contributed by atoms with Crippen molar-refractivity contribution in [2.45, 2.75) is 64.1 Å². The number of aliphatic hydroxyl groups is 1. The molecule has 4 atom stereocenters. The summed E-state index contributed by atoms with van der Waals surface area (Å²) < 4.78 is 0. The molecule has 1 fully saturated rings. The molecule has 4 N–H and O–H groups in total. The maximum absolute atomic E-state index is 11.8. The third-order valence-electron chi connectivity index (χ3n) is 3.62. The molecule has 1 saturated carbocycles. The van der Waals surface area contributed by atoms with E-state index in [1.807, 2.05) is 13.8 Å². The Hall–Kier alpha value is -0.610. The minimum Gasteiger partial charge on any atom is -0.391 e. The molecule has 0 aromatic heterocycles. The molecular weight excluding hydrogens is 204 g/mol. The molecule has 0 saturated heterocycles. The van der Waals surface area contributed by atoms with Gasteiger partial charge in [0.25, 0.3) is 0 Å². The molecule has 4 heteroatoms. The zero-order valence-electron chi connectivity index (χ0n) is 10.3. The normalized spacial score (nSPS) is 29.5. The number of carbonyl (C=O) groups is 1. The minimum atomic E-state index is -0.459. The Kier molecular flexibility index (Phi) is 5.22. The maximum Gasteiger partial charge on any atom is 0.237 e. The van der Waals surface area contributed by atoms with Crippen molar-refractivity contribution in [3.8, 4) is 0 Å². The van der Waals surface area contributed by atoms with Crippen molar-refractivity contribution in [2.75, 3.05) is 0 Å². The number of nitrogens with two attached hydrogens (primary N) is 1. The molecule has 0 aromatic rings. The number of hydrogen-bond donors (Lipinski definition) is 3. The summed E-state index contributed by atoms with van der Waals surface area (Å²) in [7, 11) is 0. The van der Waals surface area contributed by atoms with Gasteiger partial charge >= 0.3 is 0 Å². The van der Waals surface area contributed by atoms with Gasteiger partial charge in [-0.05, 0) is 18.8 Å². The van der Waals surface area contributed by atoms with E-state index in [2.05, 4.69) is 5.32 Å². The van der Waals surface area contributed by atoms with Crippen LogP contribution in [0.2, 0.25) is 0 Å². The fourth-order valence-electron chi connectivity index (χ4n) is 2.07. The van der Waals surface area contributed by atoms with Crippen LogP contribution in [0.25, 0.3) is 0 Å². The topological polar surface area (TPSA) is 75.4 Å². The van der Waals surface area contributed by atoms with Crippen molar-refractivity contribution >= 4 is 5.91 Å². The van der Waals surface area contributed by atoms with E-state index < -0.39 is 12.1 Å². The largest absolute Gasteiger partial charge is 0.391 e. The third kappa shape index (κ3) is 3.46. The molecule has 0 aromatic carbocycles. The number of rotatable bonds is 4. The van der Waals surface area contributed by atoms with Gasteiger partial charge in [0.2, 0.25) is 5.91 Å². The van der Waals surface area contributed by atoms with Crippen LogP contribution in [-0.2, 0) is 4.79 Å². The lowest BCUT2D eigenvalue weighted by Crippen LogP contribution is -2.52. The van der Waals surface area contributed by atoms with Crippen LogP contribution < -0.4 is 11.1 Å². The molecule has 0 heterocycles. The molecule has 1 amide bonds. The number of hydrogen-bond acceptors (Lipinski definition) is 3. The highest BCUT2D eigenvalue weighted by Crippen LogP contribution is 2.18. The van der Waals surface area contributed by atoms with Crippen molar-refractivity contribution in [1.82, 2.24) is 5.32 Å². The van der Waals surface area contributed by atoms with Gasteiger partial charge in [0, 0.05) is 0 Å². The summed E-state index contributed by atoms with van der Waals surface area (Å²) in [6.45, 7) is 3.99. The van der Waals surface area contributed by atoms with Gasteiger partial charge < -0.3 is 16.2 Å². The van der Waals surface area contributed by atoms with Gasteiger partial charge in [-0.3, -0.25) is 4.79 Å². The molecule has 1 unspecified atom stereocenters. The van der Waals surface area contributed by atoms with Gasteiger partial charge in [0.05, 0.1) is 18.2 Å². The van der Waals surface area contributed by atoms with Gasteiger partial charge in [-0.25, -0.2) is 0 Å². The van der Waals surface area contributed by atoms with Gasteiger partial charge in [-0.1, -0.05) is 33.1 Å². The van der Waals surface area contributed by atoms with Crippen molar-refractivity contribution in [2.24, 2.45) is 11.7 Å². The molecule has 16 heavy (non-hydrogen) atoms. The lowest BCUT2D eigenvalue weighted by atomic mass is 9.91. The molecule has 0 bridgehead atoms. The van der Waals surface area contributed by atoms with Gasteiger partial charge in [0.1, 0.15) is 0 Å². The average molecular weight is 228 g/mol. The van der Waals surface area contributed by atoms with Crippen LogP contribution in [0.3, 0.4) is 0 Å². The summed E-state index contributed by atoms with van der Waals surface area (Å²) in [5, 5.41) is 12.6. The van der Waals surface area contributed by atoms with Crippen molar-refractivity contribution in [1.29, 1.82) is 0 Å². The van der Waals surface area contributed by atoms with E-state index in [4.69, 9.17) is 5.73 Å². The van der Waals surface area contributed by atoms with E-state index in [0.717, 1.165) is 32.1 Å². The minimum absolute atomic E-state index is 0.101. The smallest absolute Gasteiger partial charge is 0.237 e. The zero-order chi connectivity index (χ0) is 12.1. The van der Waals surface area contributed by atoms with Crippen LogP contribution in [0.1, 0.15) is 46.0 Å². The summed E-state index contributed by atoms with van der Waals surface area (Å²) in [5.74, 6) is 0.0565. The van der Waals surface area contributed by atoms with Crippen LogP contribution >= 0.6 is 0 Å². The quantitative estimate of drug-likeness (QED) is 0.665. The van der Waals surface area contributed by atoms with Crippen LogP contribution in [0.5, 0.6) is 0 Å². The second-order valence-corrected chi connectivity index (χ2v) is 4.88. The van der Waals surface area contributed by atoms with E-state index in [9.17, 15) is 9.90 Å². The van der Waals surface area contributed by atoms with Crippen molar-refractivity contribution < 1.29 is 9.90 Å². The fourth-order valence-corrected chi connectivity index (χ4v) is 2.07. The highest BCUT2D eigenvalue weighted by atomic mass is 16.3. The molecule has 1 aliphatic carbocycles. The van der Waals surface area contributed by atoms with E-state index in [-0.39, 0.29) is 17.9 Å². The van der Waals surface area contributed by atoms with E-state index in [1.54, 1.807) is 0 Å². The van der Waals surface area contributed by atoms with Crippen LogP contribution in [0.15, 0.2) is 0 Å². The Labute approximate surface area is 97.6 Å². The SMILES string of the molecule is CCC(C)[C@H](N)C(=O)N[C@H]1CCCC[C@@H]1O. The zero-order valence-corrected chi connectivity index (χ0v) is 10.3. The summed E-state index contributed by atoms with van der Waals surface area (Å²) >= 11 is 0. The van der Waals surface area contributed by atoms with Crippen LogP contribution in [0.4, 0.5) is 0 Å². The van der Waals surface area contributed by atoms with Crippen LogP contribution in [0, 0.1) is 5.92 Å². The number of carbonyl (C=O) groups excluding carboxylic acids is 1. The number of nitrogens with one attached hydrogen (secondary N) is 1. The number of amides is 1. The standard InChI is InChI=1S/C12H24N2O2/c1-3-8(2)11(13)12(16)14-9-6-4-5-7-10(9)15/h8-11,15H,3-7,13H2,1-2H3,(H,14,16)/t8?,9-,10-,11-/m0/s1. The average Bonchev–Trinajstić information content (AvgIpc) is 2.30. The van der Waals surface area contributed by atoms with Crippen molar-refractivity contribution in [3.05, 3.63) is 0 Å². The van der Waals surface area contributed by atoms with Gasteiger partial charge in [-0.15, -0.1) is 0 Å². The highest BCUT2D eigenvalue weighted by molar-refractivity contribution is 5.82. The molecule has 94 valence electrons. The Morgan fingerprint density at radius 2 is 2.12 bits per heavy atom. The van der Waals surface area contributed by atoms with E-state index >= 15 is 0 Å². The molecule has 0 aliphatic heterocycles. The molecule has 1 aliphatic rings. The highest BCUT2D eigenvalue weighted by Gasteiger charge is 2.27. The van der Waals surface area contributed by atoms with E-state index in [0.29, 0.717) is 0 Å². The second-order valence-electron chi connectivity index (χ2n) is 4.88. The molecule has 0 spiro atoms. The first-order valence-corrected chi connectivity index (χ1v) is 6.30. The second kappa shape index (κ2) is 6.21. The monoisotopic (exact) mass is 228 g/mol. The van der Waals surface area contributed by atoms with Crippen LogP contribution in [-0.4, -0.2) is 29.2 Å². The Morgan fingerprint density at radius 3 is 2.69 bits per heavy atom. The fraction of sp³-hybridized carbons (Fsp3) is 0.917. The van der Waals surface area contributed by atoms with Crippen molar-refractivity contribution in [3.63, 3.8) is 0 Å². The predicted molar refractivity (Wildman–Crippen MR) is 63.8 cm³/mol. The third-order valence-corrected chi connectivity index (χ3v) is 3.62. The lowest BCUT2D eigenvalue weighted by Gasteiger charge is -2.30. The van der Waals surface area contributed by atoms with E-state index in [1.165, 1.54) is 0 Å². The first-order chi connectivity index (χ1) is 7.56. The Morgan fingerprint density at radius 1 is 1.50 bits per heavy atom. The van der Waals surface area contributed by atoms with Gasteiger partial charge in [0.15, 0.2) is 0 Å². The first kappa shape index (κ1) is 13.5. The number of aliphatic hydroxyl groups excluding tert-OH is 1. The molecular formula is C12H24N2O2. The molecule has 1 rings (SSSR count). The van der Waals surface area contributed by atoms with Gasteiger partial charge in [-0.2, -0.15) is 0 Å². The Bertz CT molecular complexity index is 233. The molecule has 0 radical (unpaired) electrons. The predicted octanol–water partition coefficient (Wildman–Crippen LogP) is 0.779. The lowest BCUT2D eigenvalue weighted by molar-refractivity contribution is -0.125. The summed E-state index contributed by atoms with van der Waals surface area (Å²) in [6, 6.07) is -0.560. The summed E-state index contributed by atoms with van der Waals surface area (Å²) in [4.78, 5) is 11.8. The Balaban J connectivity index is 2.43. The first-order valence-electron chi connectivity index (χ1n) is 6.30. The summed E-state index contributed by atoms with van der Waals surface area (Å²) in [5.41, 5.74) is 5.84. The maximum atomic E-state index is 11.8.